The Bertz CT molecular complexity index is 567. The molecule has 0 bridgehead atoms. The van der Waals surface area contributed by atoms with Gasteiger partial charge in [0.05, 0.1) is 0 Å². The molecule has 1 aromatic rings. The molecule has 0 radical (unpaired) electrons. The molecule has 1 aromatic carbocycles. The van der Waals surface area contributed by atoms with Crippen molar-refractivity contribution in [1.29, 1.82) is 5.26 Å². The van der Waals surface area contributed by atoms with Gasteiger partial charge in [0.2, 0.25) is 0 Å². The first-order chi connectivity index (χ1) is 10.7. The first-order valence-corrected chi connectivity index (χ1v) is 7.62. The highest BCUT2D eigenvalue weighted by Gasteiger charge is 2.13. The molecule has 4 nitrogen and oxygen atoms in total. The number of rotatable bonds is 4. The van der Waals surface area contributed by atoms with E-state index in [4.69, 9.17) is 5.26 Å². The zero-order valence-electron chi connectivity index (χ0n) is 12.4. The van der Waals surface area contributed by atoms with Crippen molar-refractivity contribution in [3.05, 3.63) is 41.9 Å². The van der Waals surface area contributed by atoms with E-state index < -0.39 is 5.91 Å². The Balaban J connectivity index is 1.94. The molecule has 0 heterocycles. The van der Waals surface area contributed by atoms with Gasteiger partial charge in [-0.05, 0) is 37.1 Å². The van der Waals surface area contributed by atoms with Gasteiger partial charge in [-0.2, -0.15) is 5.26 Å². The molecule has 1 aliphatic carbocycles. The van der Waals surface area contributed by atoms with Gasteiger partial charge in [-0.1, -0.05) is 25.7 Å². The van der Waals surface area contributed by atoms with Gasteiger partial charge in [-0.25, -0.2) is 4.39 Å². The zero-order chi connectivity index (χ0) is 15.8. The van der Waals surface area contributed by atoms with Gasteiger partial charge in [0.25, 0.3) is 5.91 Å². The van der Waals surface area contributed by atoms with Gasteiger partial charge < -0.3 is 10.6 Å². The van der Waals surface area contributed by atoms with Crippen LogP contribution in [0.3, 0.4) is 0 Å². The molecule has 116 valence electrons. The first-order valence-electron chi connectivity index (χ1n) is 7.62. The molecule has 1 amide bonds. The molecular weight excluding hydrogens is 281 g/mol. The zero-order valence-corrected chi connectivity index (χ0v) is 12.4. The van der Waals surface area contributed by atoms with E-state index in [9.17, 15) is 9.18 Å². The molecule has 22 heavy (non-hydrogen) atoms. The summed E-state index contributed by atoms with van der Waals surface area (Å²) in [6, 6.07) is 7.66. The van der Waals surface area contributed by atoms with E-state index in [0.717, 1.165) is 12.8 Å². The number of carbonyl (C=O) groups is 1. The summed E-state index contributed by atoms with van der Waals surface area (Å²) in [7, 11) is 0. The highest BCUT2D eigenvalue weighted by molar-refractivity contribution is 6.06. The fourth-order valence-electron chi connectivity index (χ4n) is 2.53. The average Bonchev–Trinajstić information content (AvgIpc) is 2.79. The Kier molecular flexibility index (Phi) is 5.96. The van der Waals surface area contributed by atoms with Gasteiger partial charge in [-0.3, -0.25) is 4.79 Å². The smallest absolute Gasteiger partial charge is 0.267 e. The third-order valence-electron chi connectivity index (χ3n) is 3.79. The largest absolute Gasteiger partial charge is 0.387 e. The Labute approximate surface area is 130 Å². The Morgan fingerprint density at radius 2 is 1.82 bits per heavy atom. The molecule has 0 saturated heterocycles. The number of nitriles is 1. The molecular formula is C17H20FN3O. The molecule has 0 spiro atoms. The fourth-order valence-corrected chi connectivity index (χ4v) is 2.53. The van der Waals surface area contributed by atoms with Gasteiger partial charge in [-0.15, -0.1) is 0 Å². The maximum Gasteiger partial charge on any atom is 0.267 e. The number of amides is 1. The Hall–Kier alpha value is -2.35. The molecule has 0 unspecified atom stereocenters. The molecule has 5 heteroatoms. The number of hydrogen-bond acceptors (Lipinski definition) is 3. The van der Waals surface area contributed by atoms with Crippen molar-refractivity contribution in [2.24, 2.45) is 0 Å². The summed E-state index contributed by atoms with van der Waals surface area (Å²) in [6.45, 7) is 0. The molecule has 1 fully saturated rings. The summed E-state index contributed by atoms with van der Waals surface area (Å²) in [5.74, 6) is -0.862. The number of nitrogens with zero attached hydrogens (tertiary/aromatic N) is 1. The number of anilines is 1. The minimum atomic E-state index is -0.491. The standard InChI is InChI=1S/C17H20FN3O/c18-14-7-9-16(10-8-14)21-17(22)13(11-19)12-20-15-5-3-1-2-4-6-15/h7-10,12,15,20H,1-6H2,(H,21,22)/b13-12-. The summed E-state index contributed by atoms with van der Waals surface area (Å²) in [4.78, 5) is 12.0. The van der Waals surface area contributed by atoms with Crippen molar-refractivity contribution in [1.82, 2.24) is 5.32 Å². The van der Waals surface area contributed by atoms with Crippen LogP contribution in [-0.2, 0) is 4.79 Å². The van der Waals surface area contributed by atoms with Crippen molar-refractivity contribution < 1.29 is 9.18 Å². The Morgan fingerprint density at radius 1 is 1.18 bits per heavy atom. The van der Waals surface area contributed by atoms with Crippen LogP contribution in [0.4, 0.5) is 10.1 Å². The maximum absolute atomic E-state index is 12.8. The molecule has 2 N–H and O–H groups in total. The van der Waals surface area contributed by atoms with E-state index in [1.165, 1.54) is 56.1 Å². The number of carbonyl (C=O) groups excluding carboxylic acids is 1. The number of nitrogens with one attached hydrogen (secondary N) is 2. The van der Waals surface area contributed by atoms with E-state index in [1.54, 1.807) is 0 Å². The predicted molar refractivity (Wildman–Crippen MR) is 83.4 cm³/mol. The van der Waals surface area contributed by atoms with Crippen LogP contribution in [0.2, 0.25) is 0 Å². The van der Waals surface area contributed by atoms with E-state index in [-0.39, 0.29) is 11.4 Å². The third kappa shape index (κ3) is 4.88. The van der Waals surface area contributed by atoms with E-state index >= 15 is 0 Å². The van der Waals surface area contributed by atoms with Crippen LogP contribution in [0, 0.1) is 17.1 Å². The van der Waals surface area contributed by atoms with Crippen LogP contribution in [0.1, 0.15) is 38.5 Å². The summed E-state index contributed by atoms with van der Waals surface area (Å²) in [5.41, 5.74) is 0.482. The van der Waals surface area contributed by atoms with E-state index in [0.29, 0.717) is 11.7 Å². The SMILES string of the molecule is N#C/C(=C/NC1CCCCCC1)C(=O)Nc1ccc(F)cc1. The number of benzene rings is 1. The molecule has 1 aliphatic rings. The second-order valence-electron chi connectivity index (χ2n) is 5.49. The minimum absolute atomic E-state index is 0.0218. The lowest BCUT2D eigenvalue weighted by Crippen LogP contribution is -2.25. The minimum Gasteiger partial charge on any atom is -0.387 e. The fraction of sp³-hybridized carbons (Fsp3) is 0.412. The summed E-state index contributed by atoms with van der Waals surface area (Å²) in [5, 5.41) is 14.9. The van der Waals surface area contributed by atoms with Crippen LogP contribution < -0.4 is 10.6 Å². The highest BCUT2D eigenvalue weighted by Crippen LogP contribution is 2.17. The Morgan fingerprint density at radius 3 is 2.41 bits per heavy atom. The van der Waals surface area contributed by atoms with Crippen LogP contribution >= 0.6 is 0 Å². The topological polar surface area (TPSA) is 64.9 Å². The summed E-state index contributed by atoms with van der Waals surface area (Å²) >= 11 is 0. The van der Waals surface area contributed by atoms with Crippen LogP contribution in [0.5, 0.6) is 0 Å². The lowest BCUT2D eigenvalue weighted by atomic mass is 10.1. The lowest BCUT2D eigenvalue weighted by Gasteiger charge is -2.14. The molecule has 2 rings (SSSR count). The second-order valence-corrected chi connectivity index (χ2v) is 5.49. The molecule has 0 atom stereocenters. The second kappa shape index (κ2) is 8.18. The van der Waals surface area contributed by atoms with Gasteiger partial charge in [0.15, 0.2) is 0 Å². The quantitative estimate of drug-likeness (QED) is 0.508. The van der Waals surface area contributed by atoms with E-state index in [1.807, 2.05) is 6.07 Å². The molecule has 1 saturated carbocycles. The number of hydrogen-bond donors (Lipinski definition) is 2. The molecule has 0 aromatic heterocycles. The maximum atomic E-state index is 12.8. The van der Waals surface area contributed by atoms with Crippen LogP contribution in [0.25, 0.3) is 0 Å². The first kappa shape index (κ1) is 16.0. The highest BCUT2D eigenvalue weighted by atomic mass is 19.1. The third-order valence-corrected chi connectivity index (χ3v) is 3.79. The number of halogens is 1. The van der Waals surface area contributed by atoms with Crippen molar-refractivity contribution >= 4 is 11.6 Å². The lowest BCUT2D eigenvalue weighted by molar-refractivity contribution is -0.112. The van der Waals surface area contributed by atoms with Gasteiger partial charge in [0.1, 0.15) is 17.5 Å². The monoisotopic (exact) mass is 301 g/mol. The molecule has 0 aliphatic heterocycles. The van der Waals surface area contributed by atoms with Gasteiger partial charge in [0, 0.05) is 17.9 Å². The van der Waals surface area contributed by atoms with Gasteiger partial charge >= 0.3 is 0 Å². The van der Waals surface area contributed by atoms with E-state index in [2.05, 4.69) is 10.6 Å². The van der Waals surface area contributed by atoms with Crippen LogP contribution in [0.15, 0.2) is 36.0 Å². The summed E-state index contributed by atoms with van der Waals surface area (Å²) in [6.07, 6.45) is 8.47. The van der Waals surface area contributed by atoms with Crippen molar-refractivity contribution in [2.45, 2.75) is 44.6 Å². The van der Waals surface area contributed by atoms with Crippen molar-refractivity contribution in [3.8, 4) is 6.07 Å². The summed E-state index contributed by atoms with van der Waals surface area (Å²) < 4.78 is 12.8. The van der Waals surface area contributed by atoms with Crippen molar-refractivity contribution in [2.75, 3.05) is 5.32 Å². The van der Waals surface area contributed by atoms with Crippen molar-refractivity contribution in [3.63, 3.8) is 0 Å². The van der Waals surface area contributed by atoms with Crippen LogP contribution in [-0.4, -0.2) is 11.9 Å². The average molecular weight is 301 g/mol. The normalized spacial score (nSPS) is 16.5. The predicted octanol–water partition coefficient (Wildman–Crippen LogP) is 3.48.